The zero-order valence-electron chi connectivity index (χ0n) is 16.8. The van der Waals surface area contributed by atoms with Crippen molar-refractivity contribution in [2.75, 3.05) is 6.61 Å². The maximum Gasteiger partial charge on any atom is 0.416 e. The maximum atomic E-state index is 12.9. The Hall–Kier alpha value is -3.33. The van der Waals surface area contributed by atoms with Crippen molar-refractivity contribution in [2.45, 2.75) is 31.7 Å². The maximum absolute atomic E-state index is 12.9. The highest BCUT2D eigenvalue weighted by Gasteiger charge is 2.31. The van der Waals surface area contributed by atoms with Crippen LogP contribution in [-0.2, 0) is 12.7 Å². The summed E-state index contributed by atoms with van der Waals surface area (Å²) in [6.07, 6.45) is -1.05. The van der Waals surface area contributed by atoms with Crippen LogP contribution in [0.5, 0.6) is 0 Å². The number of nitrogens with one attached hydrogen (secondary N) is 2. The molecule has 0 saturated carbocycles. The van der Waals surface area contributed by atoms with Crippen LogP contribution in [0.15, 0.2) is 67.0 Å². The van der Waals surface area contributed by atoms with E-state index in [-0.39, 0.29) is 5.56 Å². The third-order valence-electron chi connectivity index (χ3n) is 4.79. The number of rotatable bonds is 7. The molecule has 0 aliphatic carbocycles. The molecule has 9 heteroatoms. The molecular formula is C22H23F3N4O2. The Balaban J connectivity index is 1.60. The molecule has 3 N–H and O–H groups in total. The van der Waals surface area contributed by atoms with Crippen LogP contribution in [-0.4, -0.2) is 27.5 Å². The highest BCUT2D eigenvalue weighted by Crippen LogP contribution is 2.30. The summed E-state index contributed by atoms with van der Waals surface area (Å²) >= 11 is 0. The van der Waals surface area contributed by atoms with Gasteiger partial charge < -0.3 is 15.7 Å². The van der Waals surface area contributed by atoms with Crippen molar-refractivity contribution in [2.24, 2.45) is 0 Å². The fourth-order valence-corrected chi connectivity index (χ4v) is 3.11. The minimum absolute atomic E-state index is 0.163. The van der Waals surface area contributed by atoms with E-state index in [9.17, 15) is 23.1 Å². The summed E-state index contributed by atoms with van der Waals surface area (Å²) in [5.41, 5.74) is 1.17. The zero-order chi connectivity index (χ0) is 22.4. The molecule has 2 unspecified atom stereocenters. The van der Waals surface area contributed by atoms with Gasteiger partial charge in [0.15, 0.2) is 0 Å². The van der Waals surface area contributed by atoms with E-state index in [0.29, 0.717) is 6.54 Å². The summed E-state index contributed by atoms with van der Waals surface area (Å²) in [4.78, 5) is 12.4. The van der Waals surface area contributed by atoms with Gasteiger partial charge in [-0.3, -0.25) is 4.68 Å². The number of halogens is 3. The highest BCUT2D eigenvalue weighted by molar-refractivity contribution is 5.75. The zero-order valence-corrected chi connectivity index (χ0v) is 16.8. The number of carbonyl (C=O) groups excluding carboxylic acids is 1. The standard InChI is InChI=1S/C22H23F3N4O2/c1-15(18-11-26-29(13-18)12-16-6-3-2-4-7-16)27-21(31)28-20(14-30)17-8-5-9-19(10-17)22(23,24)25/h2-11,13,15,20,30H,12,14H2,1H3,(H2,27,28,31). The summed E-state index contributed by atoms with van der Waals surface area (Å²) in [5.74, 6) is 0. The van der Waals surface area contributed by atoms with Crippen molar-refractivity contribution in [3.05, 3.63) is 89.2 Å². The number of benzene rings is 2. The number of hydrogen-bond acceptors (Lipinski definition) is 3. The van der Waals surface area contributed by atoms with Crippen LogP contribution in [0.25, 0.3) is 0 Å². The Morgan fingerprint density at radius 1 is 1.10 bits per heavy atom. The number of alkyl halides is 3. The van der Waals surface area contributed by atoms with E-state index in [4.69, 9.17) is 0 Å². The molecule has 0 spiro atoms. The fraction of sp³-hybridized carbons (Fsp3) is 0.273. The average Bonchev–Trinajstić information content (AvgIpc) is 3.21. The summed E-state index contributed by atoms with van der Waals surface area (Å²) < 4.78 is 40.5. The number of urea groups is 1. The Labute approximate surface area is 177 Å². The molecule has 0 saturated heterocycles. The van der Waals surface area contributed by atoms with Gasteiger partial charge in [0.05, 0.1) is 37.0 Å². The van der Waals surface area contributed by atoms with Crippen molar-refractivity contribution in [3.8, 4) is 0 Å². The van der Waals surface area contributed by atoms with Gasteiger partial charge in [-0.2, -0.15) is 18.3 Å². The van der Waals surface area contributed by atoms with E-state index in [2.05, 4.69) is 15.7 Å². The number of aliphatic hydroxyl groups excluding tert-OH is 1. The number of hydrogen-bond donors (Lipinski definition) is 3. The molecule has 2 amide bonds. The highest BCUT2D eigenvalue weighted by atomic mass is 19.4. The molecule has 6 nitrogen and oxygen atoms in total. The van der Waals surface area contributed by atoms with Crippen molar-refractivity contribution >= 4 is 6.03 Å². The Morgan fingerprint density at radius 3 is 2.52 bits per heavy atom. The lowest BCUT2D eigenvalue weighted by Crippen LogP contribution is -2.40. The van der Waals surface area contributed by atoms with Gasteiger partial charge in [0.1, 0.15) is 0 Å². The van der Waals surface area contributed by atoms with E-state index in [1.54, 1.807) is 17.8 Å². The van der Waals surface area contributed by atoms with Crippen LogP contribution in [0.3, 0.4) is 0 Å². The molecule has 1 aromatic heterocycles. The van der Waals surface area contributed by atoms with E-state index in [1.165, 1.54) is 12.1 Å². The summed E-state index contributed by atoms with van der Waals surface area (Å²) in [5, 5.41) is 19.1. The number of aliphatic hydroxyl groups is 1. The van der Waals surface area contributed by atoms with Gasteiger partial charge in [-0.05, 0) is 30.2 Å². The normalized spacial score (nSPS) is 13.5. The molecule has 0 aliphatic rings. The third kappa shape index (κ3) is 6.08. The first kappa shape index (κ1) is 22.4. The van der Waals surface area contributed by atoms with Gasteiger partial charge in [0, 0.05) is 11.8 Å². The number of aromatic nitrogens is 2. The average molecular weight is 432 g/mol. The fourth-order valence-electron chi connectivity index (χ4n) is 3.11. The van der Waals surface area contributed by atoms with Gasteiger partial charge in [0.25, 0.3) is 0 Å². The molecule has 31 heavy (non-hydrogen) atoms. The van der Waals surface area contributed by atoms with Gasteiger partial charge in [0.2, 0.25) is 0 Å². The molecule has 2 atom stereocenters. The monoisotopic (exact) mass is 432 g/mol. The van der Waals surface area contributed by atoms with Crippen molar-refractivity contribution in [1.82, 2.24) is 20.4 Å². The molecule has 1 heterocycles. The molecule has 2 aromatic carbocycles. The van der Waals surface area contributed by atoms with E-state index < -0.39 is 36.5 Å². The molecular weight excluding hydrogens is 409 g/mol. The van der Waals surface area contributed by atoms with Crippen molar-refractivity contribution in [1.29, 1.82) is 0 Å². The predicted octanol–water partition coefficient (Wildman–Crippen LogP) is 4.04. The molecule has 0 aliphatic heterocycles. The number of carbonyl (C=O) groups is 1. The molecule has 3 rings (SSSR count). The summed E-state index contributed by atoms with van der Waals surface area (Å²) in [6.45, 7) is 1.81. The largest absolute Gasteiger partial charge is 0.416 e. The SMILES string of the molecule is CC(NC(=O)NC(CO)c1cccc(C(F)(F)F)c1)c1cnn(Cc2ccccc2)c1. The lowest BCUT2D eigenvalue weighted by Gasteiger charge is -2.20. The van der Waals surface area contributed by atoms with Crippen molar-refractivity contribution < 1.29 is 23.1 Å². The third-order valence-corrected chi connectivity index (χ3v) is 4.79. The van der Waals surface area contributed by atoms with Crippen LogP contribution < -0.4 is 10.6 Å². The van der Waals surface area contributed by atoms with E-state index in [0.717, 1.165) is 23.3 Å². The van der Waals surface area contributed by atoms with Crippen LogP contribution in [0.4, 0.5) is 18.0 Å². The first-order valence-corrected chi connectivity index (χ1v) is 9.67. The minimum atomic E-state index is -4.51. The lowest BCUT2D eigenvalue weighted by atomic mass is 10.0. The second-order valence-corrected chi connectivity index (χ2v) is 7.15. The molecule has 0 radical (unpaired) electrons. The quantitative estimate of drug-likeness (QED) is 0.527. The first-order valence-electron chi connectivity index (χ1n) is 9.67. The molecule has 0 fully saturated rings. The van der Waals surface area contributed by atoms with Crippen molar-refractivity contribution in [3.63, 3.8) is 0 Å². The van der Waals surface area contributed by atoms with E-state index in [1.807, 2.05) is 36.5 Å². The Kier molecular flexibility index (Phi) is 6.96. The molecule has 164 valence electrons. The number of amides is 2. The summed E-state index contributed by atoms with van der Waals surface area (Å²) in [7, 11) is 0. The topological polar surface area (TPSA) is 79.2 Å². The van der Waals surface area contributed by atoms with E-state index >= 15 is 0 Å². The molecule has 3 aromatic rings. The minimum Gasteiger partial charge on any atom is -0.394 e. The van der Waals surface area contributed by atoms with Crippen LogP contribution in [0.2, 0.25) is 0 Å². The number of nitrogens with zero attached hydrogens (tertiary/aromatic N) is 2. The predicted molar refractivity (Wildman–Crippen MR) is 109 cm³/mol. The Bertz CT molecular complexity index is 1010. The smallest absolute Gasteiger partial charge is 0.394 e. The van der Waals surface area contributed by atoms with Gasteiger partial charge in [-0.25, -0.2) is 4.79 Å². The van der Waals surface area contributed by atoms with Gasteiger partial charge in [-0.15, -0.1) is 0 Å². The molecule has 0 bridgehead atoms. The van der Waals surface area contributed by atoms with Crippen LogP contribution in [0.1, 0.15) is 41.3 Å². The van der Waals surface area contributed by atoms with Gasteiger partial charge >= 0.3 is 12.2 Å². The first-order chi connectivity index (χ1) is 14.8. The Morgan fingerprint density at radius 2 is 1.84 bits per heavy atom. The summed E-state index contributed by atoms with van der Waals surface area (Å²) in [6, 6.07) is 12.3. The lowest BCUT2D eigenvalue weighted by molar-refractivity contribution is -0.137. The second kappa shape index (κ2) is 9.65. The van der Waals surface area contributed by atoms with Crippen LogP contribution >= 0.6 is 0 Å². The van der Waals surface area contributed by atoms with Gasteiger partial charge in [-0.1, -0.05) is 42.5 Å². The van der Waals surface area contributed by atoms with Crippen LogP contribution in [0, 0.1) is 0 Å². The second-order valence-electron chi connectivity index (χ2n) is 7.15.